The number of para-hydroxylation sites is 1. The van der Waals surface area contributed by atoms with Crippen LogP contribution in [0.2, 0.25) is 10.0 Å². The van der Waals surface area contributed by atoms with Crippen molar-refractivity contribution >= 4 is 51.6 Å². The summed E-state index contributed by atoms with van der Waals surface area (Å²) >= 11 is 11.7. The minimum atomic E-state index is -1.42. The number of amides is 1. The average Bonchev–Trinajstić information content (AvgIpc) is 3.97. The van der Waals surface area contributed by atoms with E-state index in [1.54, 1.807) is 34.6 Å². The van der Waals surface area contributed by atoms with E-state index >= 15 is 0 Å². The van der Waals surface area contributed by atoms with E-state index in [1.165, 1.54) is 6.07 Å². The lowest BCUT2D eigenvalue weighted by Crippen LogP contribution is -2.58. The summed E-state index contributed by atoms with van der Waals surface area (Å²) in [5, 5.41) is 4.99. The van der Waals surface area contributed by atoms with Crippen molar-refractivity contribution < 1.29 is 18.1 Å². The molecule has 0 aromatic heterocycles. The molecule has 3 aromatic carbocycles. The van der Waals surface area contributed by atoms with Crippen molar-refractivity contribution in [3.05, 3.63) is 100 Å². The molecule has 2 saturated carbocycles. The number of carbonyl (C=O) groups excluding carboxylic acids is 1. The number of carbonyl (C=O) groups is 1. The van der Waals surface area contributed by atoms with Gasteiger partial charge in [-0.25, -0.2) is 14.4 Å². The summed E-state index contributed by atoms with van der Waals surface area (Å²) in [6.07, 6.45) is 2.75. The van der Waals surface area contributed by atoms with Gasteiger partial charge in [-0.2, -0.15) is 5.10 Å². The molecule has 0 spiro atoms. The molecule has 240 valence electrons. The first-order valence-corrected chi connectivity index (χ1v) is 16.8. The Labute approximate surface area is 275 Å². The smallest absolute Gasteiger partial charge is 0.253 e. The van der Waals surface area contributed by atoms with E-state index in [2.05, 4.69) is 10.5 Å². The van der Waals surface area contributed by atoms with E-state index in [0.29, 0.717) is 5.02 Å². The zero-order valence-corrected chi connectivity index (χ0v) is 26.9. The topological polar surface area (TPSA) is 126 Å². The van der Waals surface area contributed by atoms with Crippen LogP contribution in [0.3, 0.4) is 0 Å². The quantitative estimate of drug-likeness (QED) is 0.116. The van der Waals surface area contributed by atoms with Crippen LogP contribution < -0.4 is 21.4 Å². The lowest BCUT2D eigenvalue weighted by atomic mass is 9.97. The monoisotopic (exact) mass is 674 g/mol. The number of rotatable bonds is 10. The molecule has 0 radical (unpaired) electrons. The summed E-state index contributed by atoms with van der Waals surface area (Å²) < 4.78 is 36.2. The number of nitrogens with two attached hydrogens (primary N) is 2. The van der Waals surface area contributed by atoms with Crippen LogP contribution in [-0.2, 0) is 20.5 Å². The first-order chi connectivity index (χ1) is 21.8. The lowest BCUT2D eigenvalue weighted by Gasteiger charge is -2.45. The highest BCUT2D eigenvalue weighted by molar-refractivity contribution is 7.87. The first-order valence-electron chi connectivity index (χ1n) is 14.9. The molecule has 3 fully saturated rings. The summed E-state index contributed by atoms with van der Waals surface area (Å²) in [7, 11) is -1.42. The summed E-state index contributed by atoms with van der Waals surface area (Å²) in [5.74, 6) is 10.7. The van der Waals surface area contributed by atoms with E-state index in [-0.39, 0.29) is 54.2 Å². The number of ether oxygens (including phenoxy) is 1. The first kappa shape index (κ1) is 33.2. The Morgan fingerprint density at radius 2 is 1.67 bits per heavy atom. The van der Waals surface area contributed by atoms with Crippen molar-refractivity contribution in [2.24, 2.45) is 22.7 Å². The second-order valence-corrected chi connectivity index (χ2v) is 13.8. The predicted octanol–water partition coefficient (Wildman–Crippen LogP) is 5.32. The maximum atomic E-state index is 15.0. The molecule has 4 atom stereocenters. The fraction of sp³-hybridized carbons (Fsp3) is 0.375. The number of hydrogen-bond donors (Lipinski definition) is 3. The fourth-order valence-electron chi connectivity index (χ4n) is 5.39. The standard InChI is InChI=1S/C26H32ClFN6O3S.C6H5Cl/c27-18-9-7-17(8-10-18)23-15-37-24(13-25(31-29)32-30)26(35)34(23)22(16-5-6-16)14-33(38(36)19-11-12-19)21-4-2-1-3-20(21)28;7-6-4-2-1-3-5-6/h1-4,7-10,16,19,22-24H,5-6,11-15,29-30H2,(H,31,32);1-5H. The molecule has 13 heteroatoms. The molecule has 9 nitrogen and oxygen atoms in total. The summed E-state index contributed by atoms with van der Waals surface area (Å²) in [6.45, 7) is 0.472. The van der Waals surface area contributed by atoms with Gasteiger partial charge in [0, 0.05) is 16.5 Å². The van der Waals surface area contributed by atoms with Crippen molar-refractivity contribution in [3.8, 4) is 0 Å². The predicted molar refractivity (Wildman–Crippen MR) is 177 cm³/mol. The van der Waals surface area contributed by atoms with Gasteiger partial charge < -0.3 is 20.9 Å². The largest absolute Gasteiger partial charge is 0.365 e. The van der Waals surface area contributed by atoms with Gasteiger partial charge in [-0.15, -0.1) is 0 Å². The van der Waals surface area contributed by atoms with Gasteiger partial charge in [0.15, 0.2) is 0 Å². The molecule has 2 aliphatic carbocycles. The number of benzene rings is 3. The van der Waals surface area contributed by atoms with Gasteiger partial charge in [0.25, 0.3) is 5.91 Å². The van der Waals surface area contributed by atoms with Crippen molar-refractivity contribution in [3.63, 3.8) is 0 Å². The second-order valence-electron chi connectivity index (χ2n) is 11.2. The number of halogens is 3. The molecule has 3 aliphatic rings. The summed E-state index contributed by atoms with van der Waals surface area (Å²) in [4.78, 5) is 15.9. The normalized spacial score (nSPS) is 21.4. The van der Waals surface area contributed by atoms with Crippen molar-refractivity contribution in [2.75, 3.05) is 17.5 Å². The second kappa shape index (κ2) is 15.4. The van der Waals surface area contributed by atoms with E-state index in [4.69, 9.17) is 39.6 Å². The maximum absolute atomic E-state index is 15.0. The SMILES string of the molecule is Clc1ccccc1.N/N=C(/CC1OCC(c2ccc(Cl)cc2)N(C(CN(c2ccccc2F)S(=O)C2CC2)C2CC2)C1=O)NN. The number of nitrogens with zero attached hydrogens (tertiary/aromatic N) is 3. The van der Waals surface area contributed by atoms with Crippen molar-refractivity contribution in [1.82, 2.24) is 10.3 Å². The minimum Gasteiger partial charge on any atom is -0.365 e. The number of hydrogen-bond acceptors (Lipinski definition) is 6. The van der Waals surface area contributed by atoms with Gasteiger partial charge in [0.1, 0.15) is 28.7 Å². The molecular formula is C32H37Cl2FN6O3S. The molecule has 1 saturated heterocycles. The van der Waals surface area contributed by atoms with Crippen molar-refractivity contribution in [2.45, 2.75) is 55.5 Å². The van der Waals surface area contributed by atoms with Crippen LogP contribution >= 0.6 is 23.2 Å². The Morgan fingerprint density at radius 1 is 1.02 bits per heavy atom. The molecule has 1 aliphatic heterocycles. The summed E-state index contributed by atoms with van der Waals surface area (Å²) in [5.41, 5.74) is 3.57. The molecule has 0 bridgehead atoms. The Morgan fingerprint density at radius 3 is 2.22 bits per heavy atom. The van der Waals surface area contributed by atoms with Crippen LogP contribution in [0.25, 0.3) is 0 Å². The molecular weight excluding hydrogens is 638 g/mol. The van der Waals surface area contributed by atoms with E-state index in [9.17, 15) is 13.4 Å². The maximum Gasteiger partial charge on any atom is 0.253 e. The third-order valence-electron chi connectivity index (χ3n) is 8.03. The van der Waals surface area contributed by atoms with Crippen LogP contribution in [0.5, 0.6) is 0 Å². The number of morpholine rings is 1. The molecule has 6 rings (SSSR count). The number of anilines is 1. The van der Waals surface area contributed by atoms with Gasteiger partial charge in [-0.1, -0.05) is 65.7 Å². The van der Waals surface area contributed by atoms with Gasteiger partial charge >= 0.3 is 0 Å². The third-order valence-corrected chi connectivity index (χ3v) is 10.4. The van der Waals surface area contributed by atoms with Crippen LogP contribution in [0.1, 0.15) is 43.7 Å². The number of nitrogens with one attached hydrogen (secondary N) is 1. The number of hydrazine groups is 1. The molecule has 1 amide bonds. The van der Waals surface area contributed by atoms with Crippen LogP contribution in [0.4, 0.5) is 10.1 Å². The highest BCUT2D eigenvalue weighted by Crippen LogP contribution is 2.43. The van der Waals surface area contributed by atoms with Gasteiger partial charge in [0.05, 0.1) is 36.2 Å². The van der Waals surface area contributed by atoms with Gasteiger partial charge in [0.2, 0.25) is 0 Å². The van der Waals surface area contributed by atoms with Crippen LogP contribution in [0.15, 0.2) is 84.0 Å². The minimum absolute atomic E-state index is 0.00591. The van der Waals surface area contributed by atoms with Gasteiger partial charge in [-0.3, -0.25) is 9.10 Å². The Kier molecular flexibility index (Phi) is 11.3. The Bertz CT molecular complexity index is 1490. The Hall–Kier alpha value is -3.22. The van der Waals surface area contributed by atoms with E-state index < -0.39 is 28.9 Å². The highest BCUT2D eigenvalue weighted by Gasteiger charge is 2.48. The average molecular weight is 676 g/mol. The van der Waals surface area contributed by atoms with Crippen molar-refractivity contribution in [1.29, 1.82) is 0 Å². The molecule has 45 heavy (non-hydrogen) atoms. The lowest BCUT2D eigenvalue weighted by molar-refractivity contribution is -0.164. The molecule has 3 aromatic rings. The van der Waals surface area contributed by atoms with Crippen LogP contribution in [0, 0.1) is 11.7 Å². The Balaban J connectivity index is 0.000000505. The zero-order chi connectivity index (χ0) is 31.9. The fourth-order valence-corrected chi connectivity index (χ4v) is 7.20. The molecule has 4 unspecified atom stereocenters. The number of amidine groups is 1. The van der Waals surface area contributed by atoms with Crippen LogP contribution in [-0.4, -0.2) is 51.4 Å². The van der Waals surface area contributed by atoms with E-state index in [0.717, 1.165) is 36.3 Å². The third kappa shape index (κ3) is 8.53. The molecule has 1 heterocycles. The summed E-state index contributed by atoms with van der Waals surface area (Å²) in [6, 6.07) is 22.4. The van der Waals surface area contributed by atoms with E-state index in [1.807, 2.05) is 47.4 Å². The zero-order valence-electron chi connectivity index (χ0n) is 24.6. The number of hydrazone groups is 1. The highest BCUT2D eigenvalue weighted by atomic mass is 35.5. The molecule has 5 N–H and O–H groups in total. The van der Waals surface area contributed by atoms with Gasteiger partial charge in [-0.05, 0) is 73.6 Å².